The van der Waals surface area contributed by atoms with Crippen molar-refractivity contribution in [1.29, 1.82) is 0 Å². The molecule has 0 spiro atoms. The minimum absolute atomic E-state index is 0.0768. The van der Waals surface area contributed by atoms with Gasteiger partial charge in [0.15, 0.2) is 5.16 Å². The monoisotopic (exact) mass is 412 g/mol. The molecule has 1 heterocycles. The first kappa shape index (κ1) is 16.8. The van der Waals surface area contributed by atoms with E-state index in [1.807, 2.05) is 12.3 Å². The van der Waals surface area contributed by atoms with Crippen molar-refractivity contribution in [3.63, 3.8) is 0 Å². The molecule has 0 aliphatic heterocycles. The van der Waals surface area contributed by atoms with Gasteiger partial charge in [0.1, 0.15) is 0 Å². The molecule has 18 heavy (non-hydrogen) atoms. The zero-order chi connectivity index (χ0) is 13.6. The number of alkyl halides is 2. The predicted octanol–water partition coefficient (Wildman–Crippen LogP) is 5.45. The van der Waals surface area contributed by atoms with Gasteiger partial charge in [-0.05, 0) is 43.5 Å². The zero-order valence-electron chi connectivity index (χ0n) is 10.8. The predicted molar refractivity (Wildman–Crippen MR) is 89.8 cm³/mol. The first-order valence-electron chi connectivity index (χ1n) is 5.91. The number of rotatable bonds is 7. The van der Waals surface area contributed by atoms with Crippen LogP contribution in [0, 0.1) is 0 Å². The molecule has 0 aliphatic rings. The summed E-state index contributed by atoms with van der Waals surface area (Å²) < 4.78 is 0.339. The molecule has 1 aromatic heterocycles. The first-order valence-corrected chi connectivity index (χ1v) is 9.89. The van der Waals surface area contributed by atoms with Gasteiger partial charge >= 0.3 is 0 Å². The molecular weight excluding hydrogens is 396 g/mol. The van der Waals surface area contributed by atoms with Crippen molar-refractivity contribution in [2.45, 2.75) is 53.7 Å². The zero-order valence-corrected chi connectivity index (χ0v) is 15.6. The van der Waals surface area contributed by atoms with Crippen LogP contribution in [-0.4, -0.2) is 18.5 Å². The third-order valence-electron chi connectivity index (χ3n) is 2.33. The van der Waals surface area contributed by atoms with Crippen LogP contribution in [0.15, 0.2) is 17.4 Å². The fourth-order valence-electron chi connectivity index (χ4n) is 1.09. The molecule has 1 rings (SSSR count). The Hall–Kier alpha value is 0.740. The van der Waals surface area contributed by atoms with E-state index in [9.17, 15) is 0 Å². The molecule has 0 amide bonds. The molecule has 1 aromatic rings. The van der Waals surface area contributed by atoms with E-state index in [4.69, 9.17) is 0 Å². The van der Waals surface area contributed by atoms with Gasteiger partial charge in [-0.15, -0.1) is 0 Å². The van der Waals surface area contributed by atoms with Crippen LogP contribution < -0.4 is 0 Å². The summed E-state index contributed by atoms with van der Waals surface area (Å²) in [6.45, 7) is 6.56. The number of unbranched alkanes of at least 4 members (excludes halogenated alkanes) is 1. The van der Waals surface area contributed by atoms with E-state index in [-0.39, 0.29) is 8.48 Å². The van der Waals surface area contributed by atoms with E-state index in [1.165, 1.54) is 12.8 Å². The van der Waals surface area contributed by atoms with E-state index in [1.54, 1.807) is 21.6 Å². The topological polar surface area (TPSA) is 25.8 Å². The molecule has 0 saturated heterocycles. The molecule has 102 valence electrons. The first-order chi connectivity index (χ1) is 8.45. The number of aromatic nitrogens is 2. The van der Waals surface area contributed by atoms with E-state index < -0.39 is 0 Å². The molecule has 0 fully saturated rings. The lowest BCUT2D eigenvalue weighted by Crippen LogP contribution is -2.21. The Morgan fingerprint density at radius 3 is 2.72 bits per heavy atom. The highest BCUT2D eigenvalue weighted by Crippen LogP contribution is 2.45. The fourth-order valence-corrected chi connectivity index (χ4v) is 4.42. The standard InChI is InChI=1S/C12H18Br2N2S2/c1-4-5-6-9-7-8-15-11(16-9)17-18-12(2,3)10(13)14/h7-8,10H,4-6H2,1-3H3. The number of hydrogen-bond acceptors (Lipinski definition) is 4. The minimum atomic E-state index is 0.0768. The van der Waals surface area contributed by atoms with Gasteiger partial charge in [0.25, 0.3) is 0 Å². The third kappa shape index (κ3) is 5.80. The molecule has 0 radical (unpaired) electrons. The smallest absolute Gasteiger partial charge is 0.198 e. The Bertz CT molecular complexity index is 373. The lowest BCUT2D eigenvalue weighted by atomic mass is 10.2. The van der Waals surface area contributed by atoms with E-state index in [2.05, 4.69) is 62.6 Å². The van der Waals surface area contributed by atoms with Crippen LogP contribution in [-0.2, 0) is 6.42 Å². The van der Waals surface area contributed by atoms with Gasteiger partial charge in [0.05, 0.1) is 3.74 Å². The summed E-state index contributed by atoms with van der Waals surface area (Å²) >= 11 is 7.12. The van der Waals surface area contributed by atoms with Gasteiger partial charge in [0, 0.05) is 16.6 Å². The molecular formula is C12H18Br2N2S2. The Morgan fingerprint density at radius 2 is 2.11 bits per heavy atom. The number of nitrogens with zero attached hydrogens (tertiary/aromatic N) is 2. The van der Waals surface area contributed by atoms with Crippen LogP contribution >= 0.6 is 53.4 Å². The molecule has 0 aromatic carbocycles. The van der Waals surface area contributed by atoms with Crippen LogP contribution in [0.2, 0.25) is 0 Å². The highest BCUT2D eigenvalue weighted by atomic mass is 79.9. The van der Waals surface area contributed by atoms with Crippen LogP contribution in [0.5, 0.6) is 0 Å². The van der Waals surface area contributed by atoms with Crippen LogP contribution in [0.3, 0.4) is 0 Å². The fraction of sp³-hybridized carbons (Fsp3) is 0.667. The molecule has 2 nitrogen and oxygen atoms in total. The molecule has 6 heteroatoms. The molecule has 0 saturated carbocycles. The summed E-state index contributed by atoms with van der Waals surface area (Å²) in [4.78, 5) is 8.88. The van der Waals surface area contributed by atoms with Crippen molar-refractivity contribution in [3.8, 4) is 0 Å². The maximum atomic E-state index is 4.57. The maximum Gasteiger partial charge on any atom is 0.198 e. The van der Waals surface area contributed by atoms with Crippen molar-refractivity contribution in [2.24, 2.45) is 0 Å². The average Bonchev–Trinajstić information content (AvgIpc) is 2.34. The molecule has 0 N–H and O–H groups in total. The van der Waals surface area contributed by atoms with Crippen LogP contribution in [0.25, 0.3) is 0 Å². The van der Waals surface area contributed by atoms with Crippen molar-refractivity contribution in [1.82, 2.24) is 9.97 Å². The third-order valence-corrected chi connectivity index (χ3v) is 8.31. The molecule has 0 aliphatic carbocycles. The lowest BCUT2D eigenvalue weighted by molar-refractivity contribution is 0.757. The Kier molecular flexibility index (Phi) is 7.58. The summed E-state index contributed by atoms with van der Waals surface area (Å²) in [5, 5.41) is 0.849. The van der Waals surface area contributed by atoms with E-state index >= 15 is 0 Å². The maximum absolute atomic E-state index is 4.57. The largest absolute Gasteiger partial charge is 0.230 e. The normalized spacial score (nSPS) is 12.1. The Labute approximate surface area is 134 Å². The summed E-state index contributed by atoms with van der Waals surface area (Å²) in [6.07, 6.45) is 5.28. The SMILES string of the molecule is CCCCc1ccnc(SSC(C)(C)C(Br)Br)n1. The minimum Gasteiger partial charge on any atom is -0.230 e. The van der Waals surface area contributed by atoms with Crippen LogP contribution in [0.1, 0.15) is 39.3 Å². The van der Waals surface area contributed by atoms with Gasteiger partial charge in [-0.3, -0.25) is 0 Å². The Balaban J connectivity index is 2.57. The lowest BCUT2D eigenvalue weighted by Gasteiger charge is -2.24. The quantitative estimate of drug-likeness (QED) is 0.337. The Morgan fingerprint density at radius 1 is 1.39 bits per heavy atom. The summed E-state index contributed by atoms with van der Waals surface area (Å²) in [5.41, 5.74) is 1.14. The summed E-state index contributed by atoms with van der Waals surface area (Å²) in [7, 11) is 3.41. The number of aryl methyl sites for hydroxylation is 1. The highest BCUT2D eigenvalue weighted by Gasteiger charge is 2.27. The van der Waals surface area contributed by atoms with Gasteiger partial charge in [0.2, 0.25) is 0 Å². The van der Waals surface area contributed by atoms with Gasteiger partial charge < -0.3 is 0 Å². The highest BCUT2D eigenvalue weighted by molar-refractivity contribution is 9.24. The van der Waals surface area contributed by atoms with Crippen molar-refractivity contribution >= 4 is 53.4 Å². The van der Waals surface area contributed by atoms with Gasteiger partial charge in [-0.25, -0.2) is 9.97 Å². The molecule has 0 atom stereocenters. The second-order valence-corrected chi connectivity index (χ2v) is 10.3. The van der Waals surface area contributed by atoms with Gasteiger partial charge in [-0.1, -0.05) is 56.0 Å². The molecule has 0 unspecified atom stereocenters. The summed E-state index contributed by atoms with van der Waals surface area (Å²) in [5.74, 6) is 0. The second kappa shape index (κ2) is 8.12. The van der Waals surface area contributed by atoms with E-state index in [0.29, 0.717) is 0 Å². The summed E-state index contributed by atoms with van der Waals surface area (Å²) in [6, 6.07) is 2.01. The molecule has 0 bridgehead atoms. The van der Waals surface area contributed by atoms with Crippen molar-refractivity contribution in [2.75, 3.05) is 0 Å². The van der Waals surface area contributed by atoms with Gasteiger partial charge in [-0.2, -0.15) is 0 Å². The van der Waals surface area contributed by atoms with Crippen molar-refractivity contribution < 1.29 is 0 Å². The van der Waals surface area contributed by atoms with Crippen LogP contribution in [0.4, 0.5) is 0 Å². The second-order valence-electron chi connectivity index (χ2n) is 4.50. The number of hydrogen-bond donors (Lipinski definition) is 0. The average molecular weight is 414 g/mol. The number of halogens is 2. The van der Waals surface area contributed by atoms with Crippen molar-refractivity contribution in [3.05, 3.63) is 18.0 Å². The van der Waals surface area contributed by atoms with E-state index in [0.717, 1.165) is 17.3 Å².